The first kappa shape index (κ1) is 14.4. The van der Waals surface area contributed by atoms with Crippen molar-refractivity contribution in [2.75, 3.05) is 25.0 Å². The number of rotatable bonds is 5. The van der Waals surface area contributed by atoms with Gasteiger partial charge in [0.15, 0.2) is 0 Å². The molecule has 0 saturated carbocycles. The molecular formula is C15H20N2O3. The minimum atomic E-state index is -0.807. The standard InChI is InChI=1S/C15H20N2O3/c1-11-4-2-3-5-13(11)16-8-6-14(18)17-9-7-12(10-17)15(19)20/h2-5,12,16H,6-10H2,1H3,(H,19,20). The SMILES string of the molecule is Cc1ccccc1NCCC(=O)N1CCC(C(=O)O)C1. The Morgan fingerprint density at radius 1 is 1.40 bits per heavy atom. The van der Waals surface area contributed by atoms with Crippen LogP contribution in [0.1, 0.15) is 18.4 Å². The molecular weight excluding hydrogens is 256 g/mol. The molecule has 5 heteroatoms. The van der Waals surface area contributed by atoms with Crippen molar-refractivity contribution in [2.45, 2.75) is 19.8 Å². The monoisotopic (exact) mass is 276 g/mol. The minimum absolute atomic E-state index is 0.0230. The van der Waals surface area contributed by atoms with Gasteiger partial charge in [0.05, 0.1) is 5.92 Å². The van der Waals surface area contributed by atoms with Gasteiger partial charge in [0.25, 0.3) is 0 Å². The van der Waals surface area contributed by atoms with Crippen molar-refractivity contribution in [3.05, 3.63) is 29.8 Å². The fraction of sp³-hybridized carbons (Fsp3) is 0.467. The lowest BCUT2D eigenvalue weighted by Crippen LogP contribution is -2.31. The van der Waals surface area contributed by atoms with E-state index in [9.17, 15) is 9.59 Å². The van der Waals surface area contributed by atoms with E-state index in [4.69, 9.17) is 5.11 Å². The van der Waals surface area contributed by atoms with Crippen molar-refractivity contribution in [1.82, 2.24) is 4.90 Å². The molecule has 0 spiro atoms. The Labute approximate surface area is 118 Å². The third kappa shape index (κ3) is 3.50. The molecule has 5 nitrogen and oxygen atoms in total. The second-order valence-corrected chi connectivity index (χ2v) is 5.16. The number of carboxylic acid groups (broad SMARTS) is 1. The Balaban J connectivity index is 1.76. The average Bonchev–Trinajstić information content (AvgIpc) is 2.91. The summed E-state index contributed by atoms with van der Waals surface area (Å²) in [5.74, 6) is -1.18. The van der Waals surface area contributed by atoms with Crippen LogP contribution in [-0.2, 0) is 9.59 Å². The van der Waals surface area contributed by atoms with E-state index >= 15 is 0 Å². The fourth-order valence-electron chi connectivity index (χ4n) is 2.42. The molecule has 0 bridgehead atoms. The zero-order valence-electron chi connectivity index (χ0n) is 11.6. The topological polar surface area (TPSA) is 69.6 Å². The number of hydrogen-bond acceptors (Lipinski definition) is 3. The molecule has 1 aliphatic rings. The Kier molecular flexibility index (Phi) is 4.61. The number of hydrogen-bond donors (Lipinski definition) is 2. The molecule has 1 aromatic rings. The number of carboxylic acids is 1. The first-order chi connectivity index (χ1) is 9.58. The largest absolute Gasteiger partial charge is 0.481 e. The van der Waals surface area contributed by atoms with Gasteiger partial charge < -0.3 is 15.3 Å². The lowest BCUT2D eigenvalue weighted by Gasteiger charge is -2.16. The van der Waals surface area contributed by atoms with Gasteiger partial charge in [-0.2, -0.15) is 0 Å². The van der Waals surface area contributed by atoms with E-state index in [0.717, 1.165) is 11.3 Å². The van der Waals surface area contributed by atoms with Crippen LogP contribution >= 0.6 is 0 Å². The van der Waals surface area contributed by atoms with Gasteiger partial charge in [0, 0.05) is 31.7 Å². The van der Waals surface area contributed by atoms with Crippen LogP contribution < -0.4 is 5.32 Å². The predicted molar refractivity (Wildman–Crippen MR) is 76.6 cm³/mol. The minimum Gasteiger partial charge on any atom is -0.481 e. The summed E-state index contributed by atoms with van der Waals surface area (Å²) in [5.41, 5.74) is 2.18. The van der Waals surface area contributed by atoms with Crippen LogP contribution in [0, 0.1) is 12.8 Å². The molecule has 1 atom stereocenters. The molecule has 2 rings (SSSR count). The summed E-state index contributed by atoms with van der Waals surface area (Å²) in [7, 11) is 0. The normalized spacial score (nSPS) is 18.1. The van der Waals surface area contributed by atoms with Crippen molar-refractivity contribution in [1.29, 1.82) is 0 Å². The zero-order chi connectivity index (χ0) is 14.5. The number of aliphatic carboxylic acids is 1. The number of nitrogens with zero attached hydrogens (tertiary/aromatic N) is 1. The molecule has 0 radical (unpaired) electrons. The van der Waals surface area contributed by atoms with Crippen LogP contribution in [0.25, 0.3) is 0 Å². The second kappa shape index (κ2) is 6.41. The van der Waals surface area contributed by atoms with E-state index in [2.05, 4.69) is 5.32 Å². The fourth-order valence-corrected chi connectivity index (χ4v) is 2.42. The van der Waals surface area contributed by atoms with Crippen LogP contribution in [0.4, 0.5) is 5.69 Å². The van der Waals surface area contributed by atoms with Gasteiger partial charge in [-0.1, -0.05) is 18.2 Å². The number of carbonyl (C=O) groups is 2. The average molecular weight is 276 g/mol. The predicted octanol–water partition coefficient (Wildman–Crippen LogP) is 1.73. The van der Waals surface area contributed by atoms with Crippen molar-refractivity contribution >= 4 is 17.6 Å². The smallest absolute Gasteiger partial charge is 0.308 e. The lowest BCUT2D eigenvalue weighted by molar-refractivity contribution is -0.141. The lowest BCUT2D eigenvalue weighted by atomic mass is 10.1. The van der Waals surface area contributed by atoms with E-state index < -0.39 is 11.9 Å². The van der Waals surface area contributed by atoms with Crippen LogP contribution in [-0.4, -0.2) is 41.5 Å². The Morgan fingerprint density at radius 3 is 2.80 bits per heavy atom. The number of likely N-dealkylation sites (tertiary alicyclic amines) is 1. The van der Waals surface area contributed by atoms with E-state index in [1.807, 2.05) is 31.2 Å². The third-order valence-corrected chi connectivity index (χ3v) is 3.69. The zero-order valence-corrected chi connectivity index (χ0v) is 11.6. The van der Waals surface area contributed by atoms with Gasteiger partial charge >= 0.3 is 5.97 Å². The summed E-state index contributed by atoms with van der Waals surface area (Å²) in [6.45, 7) is 3.48. The highest BCUT2D eigenvalue weighted by molar-refractivity contribution is 5.79. The number of carbonyl (C=O) groups excluding carboxylic acids is 1. The molecule has 1 amide bonds. The van der Waals surface area contributed by atoms with Gasteiger partial charge in [0.2, 0.25) is 5.91 Å². The molecule has 2 N–H and O–H groups in total. The number of benzene rings is 1. The van der Waals surface area contributed by atoms with Crippen molar-refractivity contribution in [3.8, 4) is 0 Å². The molecule has 1 aliphatic heterocycles. The van der Waals surface area contributed by atoms with Gasteiger partial charge in [-0.15, -0.1) is 0 Å². The number of para-hydroxylation sites is 1. The highest BCUT2D eigenvalue weighted by Gasteiger charge is 2.30. The molecule has 108 valence electrons. The van der Waals surface area contributed by atoms with Gasteiger partial charge in [-0.3, -0.25) is 9.59 Å². The number of aryl methyl sites for hydroxylation is 1. The molecule has 0 aliphatic carbocycles. The third-order valence-electron chi connectivity index (χ3n) is 3.69. The summed E-state index contributed by atoms with van der Waals surface area (Å²) in [5, 5.41) is 12.2. The Morgan fingerprint density at radius 2 is 2.15 bits per heavy atom. The van der Waals surface area contributed by atoms with E-state index in [-0.39, 0.29) is 5.91 Å². The highest BCUT2D eigenvalue weighted by atomic mass is 16.4. The molecule has 1 fully saturated rings. The summed E-state index contributed by atoms with van der Waals surface area (Å²) in [6, 6.07) is 7.93. The summed E-state index contributed by atoms with van der Waals surface area (Å²) in [4.78, 5) is 24.5. The van der Waals surface area contributed by atoms with E-state index in [1.165, 1.54) is 0 Å². The van der Waals surface area contributed by atoms with Crippen LogP contribution in [0.2, 0.25) is 0 Å². The molecule has 1 unspecified atom stereocenters. The molecule has 0 aromatic heterocycles. The number of anilines is 1. The Bertz CT molecular complexity index is 502. The summed E-state index contributed by atoms with van der Waals surface area (Å²) < 4.78 is 0. The van der Waals surface area contributed by atoms with Crippen molar-refractivity contribution < 1.29 is 14.7 Å². The first-order valence-electron chi connectivity index (χ1n) is 6.88. The maximum Gasteiger partial charge on any atom is 0.308 e. The maximum atomic E-state index is 12.0. The first-order valence-corrected chi connectivity index (χ1v) is 6.88. The number of amides is 1. The molecule has 1 saturated heterocycles. The van der Waals surface area contributed by atoms with Crippen LogP contribution in [0.15, 0.2) is 24.3 Å². The molecule has 1 aromatic carbocycles. The molecule has 20 heavy (non-hydrogen) atoms. The highest BCUT2D eigenvalue weighted by Crippen LogP contribution is 2.17. The second-order valence-electron chi connectivity index (χ2n) is 5.16. The van der Waals surface area contributed by atoms with Gasteiger partial charge in [-0.25, -0.2) is 0 Å². The quantitative estimate of drug-likeness (QED) is 0.859. The maximum absolute atomic E-state index is 12.0. The van der Waals surface area contributed by atoms with Crippen molar-refractivity contribution in [3.63, 3.8) is 0 Å². The van der Waals surface area contributed by atoms with E-state index in [1.54, 1.807) is 4.90 Å². The van der Waals surface area contributed by atoms with E-state index in [0.29, 0.717) is 32.5 Å². The van der Waals surface area contributed by atoms with Gasteiger partial charge in [-0.05, 0) is 25.0 Å². The molecule has 1 heterocycles. The number of nitrogens with one attached hydrogen (secondary N) is 1. The summed E-state index contributed by atoms with van der Waals surface area (Å²) in [6.07, 6.45) is 0.951. The van der Waals surface area contributed by atoms with Crippen molar-refractivity contribution in [2.24, 2.45) is 5.92 Å². The van der Waals surface area contributed by atoms with Crippen LogP contribution in [0.3, 0.4) is 0 Å². The summed E-state index contributed by atoms with van der Waals surface area (Å²) >= 11 is 0. The van der Waals surface area contributed by atoms with Gasteiger partial charge in [0.1, 0.15) is 0 Å². The van der Waals surface area contributed by atoms with Crippen LogP contribution in [0.5, 0.6) is 0 Å². The Hall–Kier alpha value is -2.04.